The largest absolute Gasteiger partial charge is 0.543 e. The van der Waals surface area contributed by atoms with Crippen molar-refractivity contribution >= 4 is 52.6 Å². The van der Waals surface area contributed by atoms with Crippen LogP contribution in [0.2, 0.25) is 18.1 Å². The fraction of sp³-hybridized carbons (Fsp3) is 0.660. The third kappa shape index (κ3) is 26.3. The van der Waals surface area contributed by atoms with E-state index < -0.39 is 60.1 Å². The number of alkyl halides is 3. The Balaban J connectivity index is 0.000000249. The normalized spacial score (nSPS) is 22.2. The molecule has 7 aliphatic rings. The molecule has 4 aliphatic heterocycles. The zero-order valence-corrected chi connectivity index (χ0v) is 80.4. The summed E-state index contributed by atoms with van der Waals surface area (Å²) in [5.74, 6) is 5.46. The monoisotopic (exact) mass is 1780 g/mol. The minimum Gasteiger partial charge on any atom is -0.543 e. The van der Waals surface area contributed by atoms with Crippen molar-refractivity contribution in [2.45, 2.75) is 361 Å². The van der Waals surface area contributed by atoms with Crippen LogP contribution in [0.3, 0.4) is 0 Å². The summed E-state index contributed by atoms with van der Waals surface area (Å²) in [6.45, 7) is 50.2. The molecule has 690 valence electrons. The number of fused-ring (bicyclic) bond motifs is 9. The second kappa shape index (κ2) is 44.0. The third-order valence-corrected chi connectivity index (χ3v) is 34.3. The molecule has 123 heavy (non-hydrogen) atoms. The molecule has 9 atom stereocenters. The molecule has 20 nitrogen and oxygen atoms in total. The van der Waals surface area contributed by atoms with Crippen molar-refractivity contribution < 1.29 is 97.7 Å². The molecule has 3 aliphatic carbocycles. The van der Waals surface area contributed by atoms with Crippen LogP contribution < -0.4 is 22.3 Å². The summed E-state index contributed by atoms with van der Waals surface area (Å²) in [5, 5.41) is 45.6. The maximum atomic E-state index is 12.4. The van der Waals surface area contributed by atoms with Gasteiger partial charge in [0.05, 0.1) is 24.0 Å². The van der Waals surface area contributed by atoms with Crippen molar-refractivity contribution in [3.8, 4) is 34.5 Å². The Bertz CT molecular complexity index is 4510. The van der Waals surface area contributed by atoms with Gasteiger partial charge in [-0.1, -0.05) is 199 Å². The highest BCUT2D eigenvalue weighted by Crippen LogP contribution is 2.60. The highest BCUT2D eigenvalue weighted by atomic mass is 32.3. The lowest BCUT2D eigenvalue weighted by Gasteiger charge is -2.48. The molecule has 4 N–H and O–H groups in total. The molecule has 0 spiro atoms. The summed E-state index contributed by atoms with van der Waals surface area (Å²) in [5.41, 5.74) is -0.495. The molecule has 3 unspecified atom stereocenters. The molecular weight excluding hydrogens is 1630 g/mol. The molecule has 1 saturated heterocycles. The Hall–Kier alpha value is -7.19. The number of para-hydroxylation sites is 1. The standard InChI is InChI=1S/C32H54O3Si.C25H36O5.C25H34O4.C8H8F3NO4S2.C6H15N.CO2/c1-11-13-14-15-19-32(33,18-12-2)24-21-27-29(28(22-24)35-36(9,10)30(4,5)6)25-20-23(3)16-17-26(25)31(7,8)34-27;1-5-6-7-8-11-25(28,15-29-16-26)18-13-21(27)23-19-12-17(2)9-10-20(19)24(3,4)30-22(23)14-18;1-5-6-7-8-11-25(15-22(27)29-25)17-13-20(26)23-18-12-16(2)9-10-19(18)24(3,4)28-21(23)14-17;1-17(13,14)12(7-5-3-2-4-6-7)18(15,16)8(9,10)11;1-4-7(5-2)6-3;2-1-3/h16,21-22,25-26,33H,11-15,17-20H2,1-10H3;9,13-14,16,19-20,27-28H,5-8,10-12,15H2,1-4H3;9,13-14,18-19,26H,5-8,10-12,15H2,1-4H3;2-6H,1H3;4-6H2,1-3H3;/t25-,26-,32?;19-,20-,25?;18-,19-,25?;;;/m111.../s1. The lowest BCUT2D eigenvalue weighted by molar-refractivity contribution is -0.196. The van der Waals surface area contributed by atoms with E-state index in [2.05, 4.69) is 180 Å². The summed E-state index contributed by atoms with van der Waals surface area (Å²) in [7, 11) is -12.7. The number of cyclic esters (lactones) is 1. The van der Waals surface area contributed by atoms with Gasteiger partial charge in [-0.3, -0.25) is 9.59 Å². The third-order valence-electron chi connectivity index (χ3n) is 26.5. The van der Waals surface area contributed by atoms with E-state index in [1.807, 2.05) is 18.2 Å². The van der Waals surface area contributed by atoms with Crippen molar-refractivity contribution in [1.82, 2.24) is 4.90 Å². The zero-order chi connectivity index (χ0) is 92.3. The van der Waals surface area contributed by atoms with Gasteiger partial charge in [-0.15, -0.1) is 0 Å². The van der Waals surface area contributed by atoms with Gasteiger partial charge in [-0.2, -0.15) is 34.9 Å². The smallest absolute Gasteiger partial charge is 0.517 e. The molecule has 0 saturated carbocycles. The molecule has 1 fully saturated rings. The van der Waals surface area contributed by atoms with Crippen LogP contribution in [0.1, 0.15) is 337 Å². The Morgan fingerprint density at radius 3 is 1.37 bits per heavy atom. The van der Waals surface area contributed by atoms with E-state index in [1.165, 1.54) is 92.2 Å². The molecule has 0 aromatic heterocycles. The zero-order valence-electron chi connectivity index (χ0n) is 77.8. The predicted octanol–water partition coefficient (Wildman–Crippen LogP) is 23.2. The number of carbonyl (C=O) groups is 2. The van der Waals surface area contributed by atoms with E-state index in [4.69, 9.17) is 37.7 Å². The van der Waals surface area contributed by atoms with Gasteiger partial charge in [-0.05, 0) is 230 Å². The van der Waals surface area contributed by atoms with Crippen LogP contribution in [-0.4, -0.2) is 124 Å². The fourth-order valence-corrected chi connectivity index (χ4v) is 22.3. The number of rotatable bonds is 31. The van der Waals surface area contributed by atoms with Crippen molar-refractivity contribution in [1.29, 1.82) is 0 Å². The van der Waals surface area contributed by atoms with Crippen molar-refractivity contribution in [2.75, 3.05) is 36.2 Å². The number of hydrogen-bond acceptors (Lipinski definition) is 19. The highest BCUT2D eigenvalue weighted by Gasteiger charge is 2.55. The van der Waals surface area contributed by atoms with Gasteiger partial charge in [-0.25, -0.2) is 8.42 Å². The lowest BCUT2D eigenvalue weighted by Crippen LogP contribution is -2.47. The highest BCUT2D eigenvalue weighted by molar-refractivity contribution is 8.10. The minimum atomic E-state index is -6.00. The number of ether oxygens (including phenoxy) is 5. The van der Waals surface area contributed by atoms with Crippen LogP contribution in [0.4, 0.5) is 18.9 Å². The van der Waals surface area contributed by atoms with E-state index in [0.717, 1.165) is 161 Å². The first-order valence-electron chi connectivity index (χ1n) is 44.8. The second-order valence-corrected chi connectivity index (χ2v) is 46.6. The van der Waals surface area contributed by atoms with Crippen molar-refractivity contribution in [3.05, 3.63) is 135 Å². The summed E-state index contributed by atoms with van der Waals surface area (Å²) >= 11 is 0. The summed E-state index contributed by atoms with van der Waals surface area (Å²) in [4.78, 5) is 41.2. The SMILES string of the molecule is CCCCCCC(O)(CCC)c1cc2c(c(O[Si](C)(C)C(C)(C)C)c1)[C@@H]1CC(C)=CC[C@H]1C(C)(C)O2.CCCCCCC(O)(COC=O)c1cc(O)c2c(c1)OC(C)(C)[C@@H]1CC=C(C)C[C@@H]21.CCCCCCC1(c2cc(O)c3c(c2)OC(C)(C)[C@@H]2CC=C(C)C[C@@H]32)CC(=O)O1.CCN(CC)CC.CS(=O)(=O)N(c1ccccc1)S(=O)(=O)C(F)(F)F.O=C=O. The maximum Gasteiger partial charge on any atom is 0.517 e. The fourth-order valence-electron chi connectivity index (χ4n) is 18.5. The lowest BCUT2D eigenvalue weighted by atomic mass is 9.66. The maximum absolute atomic E-state index is 12.4. The van der Waals surface area contributed by atoms with Crippen molar-refractivity contribution in [2.24, 2.45) is 17.8 Å². The number of benzene rings is 4. The molecule has 4 aromatic carbocycles. The van der Waals surface area contributed by atoms with Crippen LogP contribution >= 0.6 is 0 Å². The van der Waals surface area contributed by atoms with E-state index in [0.29, 0.717) is 54.6 Å². The number of hydrogen-bond donors (Lipinski definition) is 4. The molecule has 0 bridgehead atoms. The number of phenols is 2. The van der Waals surface area contributed by atoms with E-state index in [-0.39, 0.29) is 69.8 Å². The van der Waals surface area contributed by atoms with E-state index in [9.17, 15) is 60.0 Å². The number of aromatic hydroxyl groups is 2. The van der Waals surface area contributed by atoms with Crippen LogP contribution in [0.5, 0.6) is 34.5 Å². The van der Waals surface area contributed by atoms with Crippen LogP contribution in [0, 0.1) is 17.8 Å². The second-order valence-electron chi connectivity index (χ2n) is 38.0. The molecular formula is C97H147F3N2O18S2Si. The van der Waals surface area contributed by atoms with Gasteiger partial charge in [0.2, 0.25) is 18.3 Å². The average Bonchev–Trinajstić information content (AvgIpc) is 0.734. The molecule has 4 aromatic rings. The van der Waals surface area contributed by atoms with Crippen molar-refractivity contribution in [3.63, 3.8) is 0 Å². The average molecular weight is 1780 g/mol. The molecule has 4 heterocycles. The van der Waals surface area contributed by atoms with Gasteiger partial charge in [0, 0.05) is 57.8 Å². The molecule has 11 rings (SSSR count). The number of phenolic OH excluding ortho intramolecular Hbond substituents is 2. The number of aliphatic hydroxyl groups is 2. The van der Waals surface area contributed by atoms with Gasteiger partial charge in [0.25, 0.3) is 6.47 Å². The number of esters is 1. The first kappa shape index (κ1) is 105. The topological polar surface area (TPSA) is 279 Å². The molecule has 0 radical (unpaired) electrons. The molecule has 26 heteroatoms. The summed E-state index contributed by atoms with van der Waals surface area (Å²) in [6.07, 6.45) is 30.7. The molecule has 0 amide bonds. The Labute approximate surface area is 735 Å². The summed E-state index contributed by atoms with van der Waals surface area (Å²) < 4.78 is 119. The number of sulfonamides is 2. The Kier molecular flexibility index (Phi) is 37.4. The number of halogens is 3. The van der Waals surface area contributed by atoms with Crippen LogP contribution in [0.15, 0.2) is 102 Å². The first-order valence-corrected chi connectivity index (χ1v) is 51.0. The Morgan fingerprint density at radius 2 is 0.976 bits per heavy atom. The van der Waals surface area contributed by atoms with E-state index in [1.54, 1.807) is 6.07 Å². The first-order chi connectivity index (χ1) is 57.4. The quantitative estimate of drug-likeness (QED) is 0.0120. The number of carbonyl (C=O) groups excluding carboxylic acids is 4. The van der Waals surface area contributed by atoms with Crippen LogP contribution in [-0.2, 0) is 65.5 Å². The number of anilines is 1. The predicted molar refractivity (Wildman–Crippen MR) is 483 cm³/mol. The Morgan fingerprint density at radius 1 is 0.569 bits per heavy atom. The number of allylic oxidation sites excluding steroid dienone is 6. The van der Waals surface area contributed by atoms with Crippen LogP contribution in [0.25, 0.3) is 0 Å². The number of unbranched alkanes of at least 4 members (excludes halogenated alkanes) is 9. The van der Waals surface area contributed by atoms with E-state index >= 15 is 0 Å². The van der Waals surface area contributed by atoms with Gasteiger partial charge in [0.1, 0.15) is 69.1 Å². The van der Waals surface area contributed by atoms with Gasteiger partial charge >= 0.3 is 27.7 Å². The minimum absolute atomic E-state index is 0.0896. The summed E-state index contributed by atoms with van der Waals surface area (Å²) in [6, 6.07) is 17.5. The number of nitrogens with zero attached hydrogens (tertiary/aromatic N) is 2. The van der Waals surface area contributed by atoms with Gasteiger partial charge in [0.15, 0.2) is 0 Å². The van der Waals surface area contributed by atoms with Gasteiger partial charge < -0.3 is 53.4 Å².